The number of nitrogens with one attached hydrogen (secondary N) is 3. The number of benzene rings is 3. The fourth-order valence-corrected chi connectivity index (χ4v) is 5.15. The van der Waals surface area contributed by atoms with Crippen molar-refractivity contribution in [3.05, 3.63) is 94.7 Å². The molecule has 4 bridgehead atoms. The van der Waals surface area contributed by atoms with E-state index in [1.54, 1.807) is 12.3 Å². The number of ether oxygens (including phenoxy) is 1. The SMILES string of the molecule is CCc1cc2cc(CC)c1CCOC(=O)Nc1cccc(c1)CNC(=O)C2Nc1ccc2c(N)nccc2c1. The molecule has 0 aliphatic carbocycles. The summed E-state index contributed by atoms with van der Waals surface area (Å²) in [6, 6.07) is 18.7. The molecule has 39 heavy (non-hydrogen) atoms. The minimum atomic E-state index is -0.627. The molecule has 2 aliphatic rings. The van der Waals surface area contributed by atoms with E-state index in [1.165, 1.54) is 5.56 Å². The van der Waals surface area contributed by atoms with E-state index >= 15 is 0 Å². The van der Waals surface area contributed by atoms with Crippen LogP contribution in [0.2, 0.25) is 0 Å². The molecule has 0 radical (unpaired) electrons. The smallest absolute Gasteiger partial charge is 0.411 e. The number of aromatic nitrogens is 1. The summed E-state index contributed by atoms with van der Waals surface area (Å²) in [5.74, 6) is 0.325. The second-order valence-electron chi connectivity index (χ2n) is 9.66. The Hall–Kier alpha value is -4.59. The number of nitrogens with zero attached hydrogens (tertiary/aromatic N) is 1. The summed E-state index contributed by atoms with van der Waals surface area (Å²) in [6.07, 6.45) is 3.38. The predicted octanol–water partition coefficient (Wildman–Crippen LogP) is 5.52. The van der Waals surface area contributed by atoms with Crippen molar-refractivity contribution in [2.45, 2.75) is 45.7 Å². The number of aryl methyl sites for hydroxylation is 2. The fourth-order valence-electron chi connectivity index (χ4n) is 5.15. The Morgan fingerprint density at radius 3 is 2.59 bits per heavy atom. The van der Waals surface area contributed by atoms with Crippen LogP contribution in [0.15, 0.2) is 66.9 Å². The highest BCUT2D eigenvalue weighted by Crippen LogP contribution is 2.29. The van der Waals surface area contributed by atoms with Crippen LogP contribution in [0.25, 0.3) is 10.8 Å². The lowest BCUT2D eigenvalue weighted by atomic mass is 9.90. The molecule has 6 rings (SSSR count). The van der Waals surface area contributed by atoms with Crippen LogP contribution in [-0.4, -0.2) is 23.6 Å². The molecule has 0 saturated carbocycles. The van der Waals surface area contributed by atoms with Crippen molar-refractivity contribution in [3.63, 3.8) is 0 Å². The van der Waals surface area contributed by atoms with Crippen molar-refractivity contribution in [2.24, 2.45) is 0 Å². The summed E-state index contributed by atoms with van der Waals surface area (Å²) >= 11 is 0. The van der Waals surface area contributed by atoms with E-state index in [0.717, 1.165) is 51.6 Å². The van der Waals surface area contributed by atoms with Crippen LogP contribution in [0.5, 0.6) is 0 Å². The first-order chi connectivity index (χ1) is 18.9. The van der Waals surface area contributed by atoms with Crippen molar-refractivity contribution in [1.82, 2.24) is 10.3 Å². The third-order valence-electron chi connectivity index (χ3n) is 7.15. The zero-order valence-corrected chi connectivity index (χ0v) is 22.2. The van der Waals surface area contributed by atoms with Crippen molar-refractivity contribution >= 4 is 40.0 Å². The number of pyridine rings is 1. The maximum absolute atomic E-state index is 13.8. The Morgan fingerprint density at radius 1 is 1.03 bits per heavy atom. The number of hydrogen-bond acceptors (Lipinski definition) is 6. The first-order valence-electron chi connectivity index (χ1n) is 13.3. The molecule has 8 nitrogen and oxygen atoms in total. The van der Waals surface area contributed by atoms with E-state index in [4.69, 9.17) is 10.5 Å². The van der Waals surface area contributed by atoms with Crippen molar-refractivity contribution in [3.8, 4) is 0 Å². The van der Waals surface area contributed by atoms with Gasteiger partial charge in [0.25, 0.3) is 0 Å². The lowest BCUT2D eigenvalue weighted by Crippen LogP contribution is -2.33. The minimum Gasteiger partial charge on any atom is -0.449 e. The third-order valence-corrected chi connectivity index (χ3v) is 7.15. The molecule has 200 valence electrons. The van der Waals surface area contributed by atoms with Gasteiger partial charge in [0.2, 0.25) is 5.91 Å². The van der Waals surface area contributed by atoms with Gasteiger partial charge in [0.05, 0.1) is 6.61 Å². The zero-order chi connectivity index (χ0) is 27.4. The van der Waals surface area contributed by atoms with Gasteiger partial charge in [-0.15, -0.1) is 0 Å². The molecule has 8 heteroatoms. The molecule has 1 aromatic heterocycles. The van der Waals surface area contributed by atoms with Gasteiger partial charge in [0.1, 0.15) is 11.9 Å². The summed E-state index contributed by atoms with van der Waals surface area (Å²) in [5.41, 5.74) is 12.7. The van der Waals surface area contributed by atoms with Crippen LogP contribution in [0.1, 0.15) is 47.7 Å². The molecule has 0 saturated heterocycles. The number of anilines is 3. The van der Waals surface area contributed by atoms with Gasteiger partial charge in [-0.05, 0) is 82.4 Å². The Bertz CT molecular complexity index is 1510. The molecule has 4 aromatic rings. The molecular weight excluding hydrogens is 490 g/mol. The normalized spacial score (nSPS) is 15.9. The summed E-state index contributed by atoms with van der Waals surface area (Å²) in [4.78, 5) is 30.3. The first-order valence-corrected chi connectivity index (χ1v) is 13.3. The average molecular weight is 524 g/mol. The number of nitrogen functional groups attached to an aromatic ring is 1. The van der Waals surface area contributed by atoms with Gasteiger partial charge in [-0.2, -0.15) is 0 Å². The standard InChI is InChI=1S/C31H33N5O3/c1-3-20-15-23-16-21(4-2)26(20)11-13-39-31(38)36-24-7-5-6-19(14-24)18-34-30(37)28(23)35-25-8-9-27-22(17-25)10-12-33-29(27)32/h5-10,12,14-17,28,35H,3-4,11,13,18H2,1-2H3,(H2,32,33)(H,34,37)(H,36,38). The minimum absolute atomic E-state index is 0.147. The van der Waals surface area contributed by atoms with E-state index in [1.807, 2.05) is 42.5 Å². The lowest BCUT2D eigenvalue weighted by molar-refractivity contribution is -0.122. The zero-order valence-electron chi connectivity index (χ0n) is 22.2. The summed E-state index contributed by atoms with van der Waals surface area (Å²) < 4.78 is 5.51. The summed E-state index contributed by atoms with van der Waals surface area (Å²) in [6.45, 7) is 4.78. The van der Waals surface area contributed by atoms with E-state index in [2.05, 4.69) is 46.9 Å². The molecule has 5 N–H and O–H groups in total. The highest BCUT2D eigenvalue weighted by atomic mass is 16.5. The van der Waals surface area contributed by atoms with E-state index < -0.39 is 12.1 Å². The van der Waals surface area contributed by atoms with Gasteiger partial charge < -0.3 is 21.1 Å². The Balaban J connectivity index is 1.56. The van der Waals surface area contributed by atoms with Gasteiger partial charge >= 0.3 is 6.09 Å². The summed E-state index contributed by atoms with van der Waals surface area (Å²) in [7, 11) is 0. The highest BCUT2D eigenvalue weighted by Gasteiger charge is 2.23. The van der Waals surface area contributed by atoms with E-state index in [9.17, 15) is 9.59 Å². The predicted molar refractivity (Wildman–Crippen MR) is 155 cm³/mol. The van der Waals surface area contributed by atoms with Gasteiger partial charge in [-0.1, -0.05) is 38.1 Å². The van der Waals surface area contributed by atoms with Gasteiger partial charge in [0, 0.05) is 35.9 Å². The monoisotopic (exact) mass is 523 g/mol. The van der Waals surface area contributed by atoms with Crippen LogP contribution in [0, 0.1) is 0 Å². The average Bonchev–Trinajstić information content (AvgIpc) is 2.94. The molecule has 2 amide bonds. The van der Waals surface area contributed by atoms with Crippen molar-refractivity contribution in [2.75, 3.05) is 23.0 Å². The Labute approximate surface area is 228 Å². The number of rotatable bonds is 4. The number of carbonyl (C=O) groups excluding carboxylic acids is 2. The number of carbonyl (C=O) groups is 2. The van der Waals surface area contributed by atoms with Crippen LogP contribution < -0.4 is 21.7 Å². The van der Waals surface area contributed by atoms with Crippen LogP contribution >= 0.6 is 0 Å². The molecule has 2 aliphatic heterocycles. The maximum atomic E-state index is 13.8. The molecule has 3 heterocycles. The summed E-state index contributed by atoms with van der Waals surface area (Å²) in [5, 5.41) is 11.2. The van der Waals surface area contributed by atoms with E-state index in [-0.39, 0.29) is 12.5 Å². The quantitative estimate of drug-likeness (QED) is 0.280. The second-order valence-corrected chi connectivity index (χ2v) is 9.66. The fraction of sp³-hybridized carbons (Fsp3) is 0.258. The largest absolute Gasteiger partial charge is 0.449 e. The highest BCUT2D eigenvalue weighted by molar-refractivity contribution is 5.94. The van der Waals surface area contributed by atoms with Gasteiger partial charge in [-0.3, -0.25) is 10.1 Å². The topological polar surface area (TPSA) is 118 Å². The van der Waals surface area contributed by atoms with Crippen LogP contribution in [-0.2, 0) is 35.3 Å². The Kier molecular flexibility index (Phi) is 7.63. The van der Waals surface area contributed by atoms with Crippen molar-refractivity contribution in [1.29, 1.82) is 0 Å². The molecule has 3 aromatic carbocycles. The number of nitrogens with two attached hydrogens (primary N) is 1. The molecule has 0 spiro atoms. The molecule has 1 atom stereocenters. The molecular formula is C31H33N5O3. The third kappa shape index (κ3) is 5.80. The van der Waals surface area contributed by atoms with Gasteiger partial charge in [0.15, 0.2) is 0 Å². The second kappa shape index (κ2) is 11.4. The van der Waals surface area contributed by atoms with Crippen LogP contribution in [0.3, 0.4) is 0 Å². The van der Waals surface area contributed by atoms with E-state index in [0.29, 0.717) is 24.5 Å². The molecule has 1 unspecified atom stereocenters. The van der Waals surface area contributed by atoms with Gasteiger partial charge in [-0.25, -0.2) is 9.78 Å². The maximum Gasteiger partial charge on any atom is 0.411 e. The number of fused-ring (bicyclic) bond motifs is 10. The van der Waals surface area contributed by atoms with Crippen molar-refractivity contribution < 1.29 is 14.3 Å². The first kappa shape index (κ1) is 26.0. The van der Waals surface area contributed by atoms with Crippen LogP contribution in [0.4, 0.5) is 22.0 Å². The number of hydrogen-bond donors (Lipinski definition) is 4. The Morgan fingerprint density at radius 2 is 1.82 bits per heavy atom. The number of amides is 2. The molecule has 0 fully saturated rings. The lowest BCUT2D eigenvalue weighted by Gasteiger charge is -2.24.